The van der Waals surface area contributed by atoms with Crippen LogP contribution in [0.4, 0.5) is 0 Å². The first-order chi connectivity index (χ1) is 19.4. The fourth-order valence-corrected chi connectivity index (χ4v) is 6.57. The lowest BCUT2D eigenvalue weighted by Crippen LogP contribution is -2.39. The zero-order chi connectivity index (χ0) is 28.4. The number of aromatic nitrogens is 4. The van der Waals surface area contributed by atoms with Crippen LogP contribution in [0, 0.1) is 6.92 Å². The van der Waals surface area contributed by atoms with E-state index < -0.39 is 0 Å². The molecule has 1 aromatic carbocycles. The van der Waals surface area contributed by atoms with Crippen molar-refractivity contribution in [3.63, 3.8) is 0 Å². The minimum atomic E-state index is 0.391. The quantitative estimate of drug-likeness (QED) is 0.228. The van der Waals surface area contributed by atoms with E-state index in [-0.39, 0.29) is 0 Å². The number of benzene rings is 1. The first-order valence-corrected chi connectivity index (χ1v) is 15.2. The van der Waals surface area contributed by atoms with Gasteiger partial charge in [0.1, 0.15) is 6.33 Å². The van der Waals surface area contributed by atoms with Gasteiger partial charge in [-0.2, -0.15) is 5.10 Å². The molecule has 214 valence electrons. The third-order valence-electron chi connectivity index (χ3n) is 9.01. The van der Waals surface area contributed by atoms with E-state index >= 15 is 0 Å². The lowest BCUT2D eigenvalue weighted by atomic mass is 9.87. The van der Waals surface area contributed by atoms with Gasteiger partial charge in [-0.1, -0.05) is 47.3 Å². The van der Waals surface area contributed by atoms with Crippen molar-refractivity contribution in [3.8, 4) is 11.3 Å². The maximum absolute atomic E-state index is 4.52. The number of nitrogens with one attached hydrogen (secondary N) is 2. The molecule has 0 unspecified atom stereocenters. The minimum absolute atomic E-state index is 0.391. The summed E-state index contributed by atoms with van der Waals surface area (Å²) in [4.78, 5) is 13.2. The molecular formula is C33H47N7. The van der Waals surface area contributed by atoms with Gasteiger partial charge in [-0.25, -0.2) is 9.50 Å². The molecule has 0 atom stereocenters. The maximum Gasteiger partial charge on any atom is 0.158 e. The molecule has 1 aliphatic rings. The highest BCUT2D eigenvalue weighted by Crippen LogP contribution is 2.40. The van der Waals surface area contributed by atoms with Crippen LogP contribution in [0.25, 0.3) is 27.8 Å². The smallest absolute Gasteiger partial charge is 0.158 e. The Bertz CT molecular complexity index is 1470. The van der Waals surface area contributed by atoms with Crippen molar-refractivity contribution in [3.05, 3.63) is 65.4 Å². The minimum Gasteiger partial charge on any atom is -0.371 e. The van der Waals surface area contributed by atoms with Crippen LogP contribution in [0.1, 0.15) is 81.5 Å². The van der Waals surface area contributed by atoms with Gasteiger partial charge in [0.05, 0.1) is 11.5 Å². The van der Waals surface area contributed by atoms with E-state index in [0.29, 0.717) is 11.8 Å². The number of H-pyrrole nitrogens is 1. The molecule has 2 N–H and O–H groups in total. The van der Waals surface area contributed by atoms with Crippen molar-refractivity contribution < 1.29 is 0 Å². The number of rotatable bonds is 11. The first kappa shape index (κ1) is 28.2. The second-order valence-electron chi connectivity index (χ2n) is 11.6. The number of hydrogen-bond donors (Lipinski definition) is 2. The highest BCUT2D eigenvalue weighted by Gasteiger charge is 2.24. The molecule has 5 rings (SSSR count). The lowest BCUT2D eigenvalue weighted by molar-refractivity contribution is 0.242. The monoisotopic (exact) mass is 541 g/mol. The Morgan fingerprint density at radius 3 is 2.60 bits per heavy atom. The fourth-order valence-electron chi connectivity index (χ4n) is 6.57. The fraction of sp³-hybridized carbons (Fsp3) is 0.515. The Hall–Kier alpha value is -3.32. The molecule has 0 aliphatic carbocycles. The Morgan fingerprint density at radius 1 is 1.18 bits per heavy atom. The molecule has 4 aromatic rings. The molecule has 3 aromatic heterocycles. The maximum atomic E-state index is 4.52. The number of fused-ring (bicyclic) bond motifs is 2. The molecule has 40 heavy (non-hydrogen) atoms. The molecule has 0 radical (unpaired) electrons. The number of pyridine rings is 1. The van der Waals surface area contributed by atoms with Crippen molar-refractivity contribution in [2.75, 3.05) is 39.3 Å². The topological polar surface area (TPSA) is 64.5 Å². The normalized spacial score (nSPS) is 14.8. The van der Waals surface area contributed by atoms with E-state index in [1.54, 1.807) is 6.33 Å². The average molecular weight is 542 g/mol. The van der Waals surface area contributed by atoms with Crippen LogP contribution in [0.15, 0.2) is 43.1 Å². The Balaban J connectivity index is 1.37. The Morgan fingerprint density at radius 2 is 1.93 bits per heavy atom. The number of hydrogen-bond acceptors (Lipinski definition) is 5. The van der Waals surface area contributed by atoms with E-state index in [1.807, 2.05) is 4.52 Å². The largest absolute Gasteiger partial charge is 0.371 e. The van der Waals surface area contributed by atoms with Gasteiger partial charge >= 0.3 is 0 Å². The van der Waals surface area contributed by atoms with E-state index in [0.717, 1.165) is 70.0 Å². The third-order valence-corrected chi connectivity index (χ3v) is 9.01. The summed E-state index contributed by atoms with van der Waals surface area (Å²) in [6.07, 6.45) is 7.03. The molecule has 1 saturated heterocycles. The summed E-state index contributed by atoms with van der Waals surface area (Å²) in [7, 11) is 0. The third kappa shape index (κ3) is 5.36. The summed E-state index contributed by atoms with van der Waals surface area (Å²) in [5.74, 6) is 2.04. The molecule has 4 heterocycles. The van der Waals surface area contributed by atoms with Crippen LogP contribution in [0.5, 0.6) is 0 Å². The van der Waals surface area contributed by atoms with Crippen LogP contribution in [0.3, 0.4) is 0 Å². The number of aromatic amines is 1. The molecular weight excluding hydrogens is 494 g/mol. The summed E-state index contributed by atoms with van der Waals surface area (Å²) in [6, 6.07) is 7.10. The van der Waals surface area contributed by atoms with Crippen LogP contribution in [-0.2, 0) is 6.42 Å². The summed E-state index contributed by atoms with van der Waals surface area (Å²) < 4.78 is 1.93. The second kappa shape index (κ2) is 12.0. The summed E-state index contributed by atoms with van der Waals surface area (Å²) in [5.41, 5.74) is 10.0. The summed E-state index contributed by atoms with van der Waals surface area (Å²) >= 11 is 0. The zero-order valence-corrected chi connectivity index (χ0v) is 25.3. The average Bonchev–Trinajstić information content (AvgIpc) is 3.59. The van der Waals surface area contributed by atoms with Gasteiger partial charge in [0.2, 0.25) is 0 Å². The van der Waals surface area contributed by atoms with Gasteiger partial charge in [0, 0.05) is 54.4 Å². The van der Waals surface area contributed by atoms with Gasteiger partial charge in [-0.15, -0.1) is 0 Å². The lowest BCUT2D eigenvalue weighted by Gasteiger charge is -2.35. The van der Waals surface area contributed by atoms with E-state index in [9.17, 15) is 0 Å². The highest BCUT2D eigenvalue weighted by molar-refractivity contribution is 5.92. The molecule has 7 nitrogen and oxygen atoms in total. The predicted molar refractivity (Wildman–Crippen MR) is 167 cm³/mol. The standard InChI is InChI=1S/C33H47N7/c1-8-27-23(6)29(20-40-33(27)35-21-36-40)32-31(22(4)5)28-19-26(11-12-30(28)37-32)25-13-16-39(17-14-25)24(7)34-15-18-38(9-2)10-3/h11-12,19-22,25,34,37H,7-10,13-18H2,1-6H3. The first-order valence-electron chi connectivity index (χ1n) is 15.2. The van der Waals surface area contributed by atoms with Gasteiger partial charge in [-0.3, -0.25) is 0 Å². The van der Waals surface area contributed by atoms with Crippen molar-refractivity contribution in [2.24, 2.45) is 0 Å². The van der Waals surface area contributed by atoms with Crippen molar-refractivity contribution in [1.29, 1.82) is 0 Å². The number of nitrogens with zero attached hydrogens (tertiary/aromatic N) is 5. The van der Waals surface area contributed by atoms with Crippen LogP contribution in [-0.4, -0.2) is 68.7 Å². The molecule has 0 saturated carbocycles. The van der Waals surface area contributed by atoms with E-state index in [2.05, 4.69) is 103 Å². The molecule has 0 amide bonds. The molecule has 0 bridgehead atoms. The van der Waals surface area contributed by atoms with Crippen molar-refractivity contribution >= 4 is 16.6 Å². The number of likely N-dealkylation sites (N-methyl/N-ethyl adjacent to an activating group) is 1. The molecule has 0 spiro atoms. The Labute approximate surface area is 239 Å². The van der Waals surface area contributed by atoms with Gasteiger partial charge < -0.3 is 20.1 Å². The molecule has 1 aliphatic heterocycles. The summed E-state index contributed by atoms with van der Waals surface area (Å²) in [5, 5.41) is 9.40. The molecule has 1 fully saturated rings. The van der Waals surface area contributed by atoms with Crippen LogP contribution >= 0.6 is 0 Å². The predicted octanol–water partition coefficient (Wildman–Crippen LogP) is 6.45. The molecule has 7 heteroatoms. The number of aryl methyl sites for hydroxylation is 1. The van der Waals surface area contributed by atoms with E-state index in [4.69, 9.17) is 0 Å². The summed E-state index contributed by atoms with van der Waals surface area (Å²) in [6.45, 7) is 24.1. The highest BCUT2D eigenvalue weighted by atomic mass is 15.3. The number of piperidine rings is 1. The van der Waals surface area contributed by atoms with Crippen molar-refractivity contribution in [2.45, 2.75) is 72.6 Å². The van der Waals surface area contributed by atoms with Crippen LogP contribution in [0.2, 0.25) is 0 Å². The van der Waals surface area contributed by atoms with Gasteiger partial charge in [-0.05, 0) is 79.9 Å². The second-order valence-corrected chi connectivity index (χ2v) is 11.6. The Kier molecular flexibility index (Phi) is 8.50. The van der Waals surface area contributed by atoms with Gasteiger partial charge in [0.25, 0.3) is 0 Å². The zero-order valence-electron chi connectivity index (χ0n) is 25.3. The van der Waals surface area contributed by atoms with Gasteiger partial charge in [0.15, 0.2) is 5.65 Å². The number of likely N-dealkylation sites (tertiary alicyclic amines) is 1. The van der Waals surface area contributed by atoms with Crippen LogP contribution < -0.4 is 5.32 Å². The SMILES string of the molecule is C=C(NCCN(CC)CC)N1CCC(c2ccc3[nH]c(-c4cn5ncnc5c(CC)c4C)c(C(C)C)c3c2)CC1. The van der Waals surface area contributed by atoms with Crippen molar-refractivity contribution in [1.82, 2.24) is 34.7 Å². The van der Waals surface area contributed by atoms with E-state index in [1.165, 1.54) is 44.4 Å².